The molecule has 0 spiro atoms. The van der Waals surface area contributed by atoms with E-state index in [2.05, 4.69) is 0 Å². The summed E-state index contributed by atoms with van der Waals surface area (Å²) in [5.41, 5.74) is 2.28. The van der Waals surface area contributed by atoms with Gasteiger partial charge in [0.1, 0.15) is 5.75 Å². The molecule has 3 aromatic carbocycles. The molecule has 0 N–H and O–H groups in total. The number of hydrogen-bond acceptors (Lipinski definition) is 6. The summed E-state index contributed by atoms with van der Waals surface area (Å²) in [6, 6.07) is 17.8. The number of benzene rings is 3. The maximum Gasteiger partial charge on any atom is 0.266 e. The van der Waals surface area contributed by atoms with E-state index >= 15 is 0 Å². The lowest BCUT2D eigenvalue weighted by Crippen LogP contribution is -2.12. The molecule has 7 heteroatoms. The first-order chi connectivity index (χ1) is 17.0. The van der Waals surface area contributed by atoms with Crippen LogP contribution < -0.4 is 18.9 Å². The van der Waals surface area contributed by atoms with Crippen molar-refractivity contribution in [2.45, 2.75) is 0 Å². The highest BCUT2D eigenvalue weighted by atomic mass is 16.5. The van der Waals surface area contributed by atoms with E-state index < -0.39 is 0 Å². The molecule has 0 aliphatic carbocycles. The molecule has 0 saturated carbocycles. The van der Waals surface area contributed by atoms with Crippen molar-refractivity contribution in [3.63, 3.8) is 0 Å². The zero-order chi connectivity index (χ0) is 24.9. The molecule has 35 heavy (non-hydrogen) atoms. The van der Waals surface area contributed by atoms with Crippen LogP contribution >= 0.6 is 0 Å². The number of nitrogens with zero attached hydrogens (tertiary/aromatic N) is 1. The first-order valence-electron chi connectivity index (χ1n) is 10.8. The van der Waals surface area contributed by atoms with Crippen LogP contribution in [0.3, 0.4) is 0 Å². The molecule has 0 saturated heterocycles. The van der Waals surface area contributed by atoms with Gasteiger partial charge in [0.25, 0.3) is 5.91 Å². The Kier molecular flexibility index (Phi) is 6.87. The lowest BCUT2D eigenvalue weighted by Gasteiger charge is -2.13. The zero-order valence-corrected chi connectivity index (χ0v) is 19.9. The van der Waals surface area contributed by atoms with E-state index in [-0.39, 0.29) is 11.7 Å². The number of methoxy groups -OCH3 is 4. The van der Waals surface area contributed by atoms with Gasteiger partial charge in [0.05, 0.1) is 39.5 Å². The Morgan fingerprint density at radius 1 is 0.771 bits per heavy atom. The standard InChI is InChI=1S/C28H25NO6/c1-32-24-12-8-6-10-21(24)28(31)29-17-18(20-9-5-7-11-22(20)29)13-14-23(30)19-15-25(33-2)27(35-4)26(16-19)34-3/h5-17H,1-4H3/b14-13+. The van der Waals surface area contributed by atoms with Crippen molar-refractivity contribution in [2.24, 2.45) is 0 Å². The van der Waals surface area contributed by atoms with Gasteiger partial charge in [-0.15, -0.1) is 0 Å². The lowest BCUT2D eigenvalue weighted by molar-refractivity contribution is 0.0961. The third-order valence-electron chi connectivity index (χ3n) is 5.66. The fourth-order valence-electron chi connectivity index (χ4n) is 3.94. The number of allylic oxidation sites excluding steroid dienone is 1. The number of rotatable bonds is 8. The van der Waals surface area contributed by atoms with Crippen molar-refractivity contribution >= 4 is 28.7 Å². The molecule has 7 nitrogen and oxygen atoms in total. The number of aromatic nitrogens is 1. The first-order valence-corrected chi connectivity index (χ1v) is 10.8. The van der Waals surface area contributed by atoms with Crippen LogP contribution in [0.15, 0.2) is 72.9 Å². The number of carbonyl (C=O) groups is 2. The van der Waals surface area contributed by atoms with Crippen LogP contribution in [0.2, 0.25) is 0 Å². The van der Waals surface area contributed by atoms with Gasteiger partial charge >= 0.3 is 0 Å². The monoisotopic (exact) mass is 471 g/mol. The highest BCUT2D eigenvalue weighted by Gasteiger charge is 2.18. The Morgan fingerprint density at radius 3 is 2.06 bits per heavy atom. The molecule has 4 rings (SSSR count). The van der Waals surface area contributed by atoms with Crippen LogP contribution in [-0.2, 0) is 0 Å². The Labute approximate surface area is 203 Å². The zero-order valence-electron chi connectivity index (χ0n) is 19.9. The van der Waals surface area contributed by atoms with Crippen LogP contribution in [0.1, 0.15) is 26.3 Å². The second-order valence-corrected chi connectivity index (χ2v) is 7.59. The maximum atomic E-state index is 13.4. The third kappa shape index (κ3) is 4.48. The second kappa shape index (κ2) is 10.2. The number of ketones is 1. The summed E-state index contributed by atoms with van der Waals surface area (Å²) < 4.78 is 23.0. The van der Waals surface area contributed by atoms with E-state index in [1.165, 1.54) is 34.5 Å². The summed E-state index contributed by atoms with van der Waals surface area (Å²) in [6.07, 6.45) is 4.87. The third-order valence-corrected chi connectivity index (χ3v) is 5.66. The van der Waals surface area contributed by atoms with Gasteiger partial charge in [-0.1, -0.05) is 30.3 Å². The van der Waals surface area contributed by atoms with Gasteiger partial charge in [0.2, 0.25) is 5.75 Å². The summed E-state index contributed by atoms with van der Waals surface area (Å²) in [4.78, 5) is 26.4. The molecular formula is C28H25NO6. The Balaban J connectivity index is 1.72. The molecular weight excluding hydrogens is 446 g/mol. The van der Waals surface area contributed by atoms with Crippen molar-refractivity contribution in [1.29, 1.82) is 0 Å². The molecule has 0 radical (unpaired) electrons. The lowest BCUT2D eigenvalue weighted by atomic mass is 10.1. The molecule has 0 fully saturated rings. The van der Waals surface area contributed by atoms with Crippen molar-refractivity contribution in [3.05, 3.63) is 89.6 Å². The maximum absolute atomic E-state index is 13.4. The van der Waals surface area contributed by atoms with Crippen molar-refractivity contribution in [2.75, 3.05) is 28.4 Å². The molecule has 0 aliphatic heterocycles. The fourth-order valence-corrected chi connectivity index (χ4v) is 3.94. The number of carbonyl (C=O) groups excluding carboxylic acids is 2. The normalized spacial score (nSPS) is 11.0. The summed E-state index contributed by atoms with van der Waals surface area (Å²) in [5, 5.41) is 0.838. The average Bonchev–Trinajstić information content (AvgIpc) is 3.28. The van der Waals surface area contributed by atoms with Gasteiger partial charge < -0.3 is 18.9 Å². The highest BCUT2D eigenvalue weighted by Crippen LogP contribution is 2.38. The van der Waals surface area contributed by atoms with E-state index in [0.717, 1.165) is 16.5 Å². The summed E-state index contributed by atoms with van der Waals surface area (Å²) in [5.74, 6) is 1.20. The minimum atomic E-state index is -0.253. The first kappa shape index (κ1) is 23.6. The van der Waals surface area contributed by atoms with Gasteiger partial charge in [-0.3, -0.25) is 14.2 Å². The Hall–Kier alpha value is -4.52. The SMILES string of the molecule is COc1ccccc1C(=O)n1cc(/C=C/C(=O)c2cc(OC)c(OC)c(OC)c2)c2ccccc21. The molecule has 0 amide bonds. The minimum Gasteiger partial charge on any atom is -0.496 e. The van der Waals surface area contributed by atoms with Gasteiger partial charge in [-0.2, -0.15) is 0 Å². The highest BCUT2D eigenvalue weighted by molar-refractivity contribution is 6.10. The van der Waals surface area contributed by atoms with Crippen molar-refractivity contribution < 1.29 is 28.5 Å². The summed E-state index contributed by atoms with van der Waals surface area (Å²) in [6.45, 7) is 0. The number of ether oxygens (including phenoxy) is 4. The largest absolute Gasteiger partial charge is 0.496 e. The summed E-state index contributed by atoms with van der Waals surface area (Å²) in [7, 11) is 6.02. The van der Waals surface area contributed by atoms with Gasteiger partial charge in [0.15, 0.2) is 17.3 Å². The van der Waals surface area contributed by atoms with Gasteiger partial charge in [-0.05, 0) is 42.5 Å². The van der Waals surface area contributed by atoms with E-state index in [1.54, 1.807) is 47.2 Å². The number of para-hydroxylation sites is 2. The quantitative estimate of drug-likeness (QED) is 0.258. The van der Waals surface area contributed by atoms with E-state index in [0.29, 0.717) is 34.1 Å². The van der Waals surface area contributed by atoms with Crippen LogP contribution in [0.5, 0.6) is 23.0 Å². The minimum absolute atomic E-state index is 0.228. The topological polar surface area (TPSA) is 76.0 Å². The van der Waals surface area contributed by atoms with E-state index in [1.807, 2.05) is 30.3 Å². The summed E-state index contributed by atoms with van der Waals surface area (Å²) >= 11 is 0. The fraction of sp³-hybridized carbons (Fsp3) is 0.143. The smallest absolute Gasteiger partial charge is 0.266 e. The molecule has 1 aromatic heterocycles. The predicted octanol–water partition coefficient (Wildman–Crippen LogP) is 5.26. The molecule has 178 valence electrons. The average molecular weight is 472 g/mol. The molecule has 0 bridgehead atoms. The Morgan fingerprint density at radius 2 is 1.40 bits per heavy atom. The van der Waals surface area contributed by atoms with Crippen LogP contribution in [-0.4, -0.2) is 44.7 Å². The van der Waals surface area contributed by atoms with Gasteiger partial charge in [0, 0.05) is 22.7 Å². The second-order valence-electron chi connectivity index (χ2n) is 7.59. The molecule has 0 aliphatic rings. The number of hydrogen-bond donors (Lipinski definition) is 0. The van der Waals surface area contributed by atoms with Gasteiger partial charge in [-0.25, -0.2) is 0 Å². The number of fused-ring (bicyclic) bond motifs is 1. The molecule has 1 heterocycles. The molecule has 0 unspecified atom stereocenters. The van der Waals surface area contributed by atoms with Crippen LogP contribution in [0, 0.1) is 0 Å². The van der Waals surface area contributed by atoms with Crippen molar-refractivity contribution in [1.82, 2.24) is 4.57 Å². The Bertz CT molecular complexity index is 1410. The van der Waals surface area contributed by atoms with Crippen LogP contribution in [0.25, 0.3) is 17.0 Å². The van der Waals surface area contributed by atoms with Crippen molar-refractivity contribution in [3.8, 4) is 23.0 Å². The molecule has 0 atom stereocenters. The van der Waals surface area contributed by atoms with E-state index in [4.69, 9.17) is 18.9 Å². The predicted molar refractivity (Wildman–Crippen MR) is 134 cm³/mol. The van der Waals surface area contributed by atoms with E-state index in [9.17, 15) is 9.59 Å². The van der Waals surface area contributed by atoms with Crippen LogP contribution in [0.4, 0.5) is 0 Å². The molecule has 4 aromatic rings.